The monoisotopic (exact) mass is 560 g/mol. The number of amidine groups is 1. The quantitative estimate of drug-likeness (QED) is 0.348. The fraction of sp³-hybridized carbons (Fsp3) is 0.429. The van der Waals surface area contributed by atoms with Crippen LogP contribution in [-0.2, 0) is 29.6 Å². The standard InChI is InChI=1S/C21H28N4O8S3/c1-5-13(15-10-9-11-33-15)22-16-18(20(27)32-8-4)35(28,29)24-19(16)23-14-12-34-21(17(14)26)36(30,31)25(6-2)7-3/h9-13,22,26H,5-8H2,1-4H3,(H,23,24)/t13-/m1/s1. The summed E-state index contributed by atoms with van der Waals surface area (Å²) < 4.78 is 66.4. The van der Waals surface area contributed by atoms with Crippen molar-refractivity contribution < 1.29 is 35.9 Å². The van der Waals surface area contributed by atoms with Crippen LogP contribution in [-0.4, -0.2) is 57.7 Å². The zero-order valence-corrected chi connectivity index (χ0v) is 22.6. The van der Waals surface area contributed by atoms with E-state index in [2.05, 4.69) is 15.0 Å². The molecular weight excluding hydrogens is 532 g/mol. The average molecular weight is 561 g/mol. The van der Waals surface area contributed by atoms with Gasteiger partial charge in [0.2, 0.25) is 4.91 Å². The van der Waals surface area contributed by atoms with Crippen molar-refractivity contribution in [3.8, 4) is 5.75 Å². The molecule has 0 fully saturated rings. The summed E-state index contributed by atoms with van der Waals surface area (Å²) >= 11 is 0.769. The Morgan fingerprint density at radius 2 is 1.97 bits per heavy atom. The van der Waals surface area contributed by atoms with Crippen molar-refractivity contribution in [2.24, 2.45) is 4.40 Å². The van der Waals surface area contributed by atoms with E-state index in [1.54, 1.807) is 26.0 Å². The van der Waals surface area contributed by atoms with Crippen LogP contribution in [0.25, 0.3) is 0 Å². The van der Waals surface area contributed by atoms with Gasteiger partial charge in [-0.05, 0) is 25.5 Å². The van der Waals surface area contributed by atoms with Gasteiger partial charge >= 0.3 is 5.97 Å². The van der Waals surface area contributed by atoms with Crippen LogP contribution in [0.3, 0.4) is 0 Å². The Bertz CT molecular complexity index is 1370. The number of carbonyl (C=O) groups excluding carboxylic acids is 1. The summed E-state index contributed by atoms with van der Waals surface area (Å²) in [5.74, 6) is -1.51. The van der Waals surface area contributed by atoms with Crippen LogP contribution in [0.4, 0.5) is 5.69 Å². The molecule has 2 aromatic heterocycles. The Kier molecular flexibility index (Phi) is 8.48. The highest BCUT2D eigenvalue weighted by Gasteiger charge is 2.40. The molecule has 3 heterocycles. The second-order valence-electron chi connectivity index (χ2n) is 7.46. The molecule has 0 amide bonds. The Labute approximate surface area is 213 Å². The number of ether oxygens (including phenoxy) is 1. The largest absolute Gasteiger partial charge is 0.504 e. The van der Waals surface area contributed by atoms with Crippen LogP contribution in [0.5, 0.6) is 5.75 Å². The van der Waals surface area contributed by atoms with Crippen molar-refractivity contribution in [2.45, 2.75) is 44.4 Å². The highest BCUT2D eigenvalue weighted by atomic mass is 32.2. The van der Waals surface area contributed by atoms with Crippen LogP contribution in [0.2, 0.25) is 0 Å². The van der Waals surface area contributed by atoms with Gasteiger partial charge < -0.3 is 24.9 Å². The summed E-state index contributed by atoms with van der Waals surface area (Å²) in [6.07, 6.45) is 1.91. The van der Waals surface area contributed by atoms with E-state index in [-0.39, 0.29) is 41.1 Å². The minimum absolute atomic E-state index is 0.0683. The second kappa shape index (κ2) is 11.0. The van der Waals surface area contributed by atoms with Crippen molar-refractivity contribution in [1.29, 1.82) is 0 Å². The van der Waals surface area contributed by atoms with Gasteiger partial charge in [0.05, 0.1) is 24.6 Å². The first-order chi connectivity index (χ1) is 17.0. The lowest BCUT2D eigenvalue weighted by Gasteiger charge is -2.19. The van der Waals surface area contributed by atoms with Crippen LogP contribution >= 0.6 is 11.3 Å². The zero-order valence-electron chi connectivity index (χ0n) is 20.1. The molecule has 0 aromatic carbocycles. The molecule has 3 rings (SSSR count). The molecule has 0 saturated heterocycles. The lowest BCUT2D eigenvalue weighted by atomic mass is 10.1. The van der Waals surface area contributed by atoms with E-state index in [1.165, 1.54) is 22.9 Å². The maximum atomic E-state index is 12.9. The maximum absolute atomic E-state index is 12.9. The van der Waals surface area contributed by atoms with Crippen molar-refractivity contribution >= 4 is 48.9 Å². The second-order valence-corrected chi connectivity index (χ2v) is 12.0. The molecule has 2 aromatic rings. The third-order valence-corrected chi connectivity index (χ3v) is 10.1. The number of furan rings is 1. The Morgan fingerprint density at radius 1 is 1.28 bits per heavy atom. The van der Waals surface area contributed by atoms with E-state index in [0.717, 1.165) is 11.3 Å². The molecule has 0 unspecified atom stereocenters. The lowest BCUT2D eigenvalue weighted by molar-refractivity contribution is -0.137. The Hall–Kier alpha value is -2.88. The van der Waals surface area contributed by atoms with Gasteiger partial charge in [-0.2, -0.15) is 12.7 Å². The van der Waals surface area contributed by atoms with Gasteiger partial charge in [-0.3, -0.25) is 0 Å². The van der Waals surface area contributed by atoms with Gasteiger partial charge in [-0.1, -0.05) is 20.8 Å². The van der Waals surface area contributed by atoms with Gasteiger partial charge in [0, 0.05) is 18.5 Å². The van der Waals surface area contributed by atoms with E-state index in [4.69, 9.17) is 9.15 Å². The number of sulfonamides is 2. The first kappa shape index (κ1) is 27.7. The zero-order chi connectivity index (χ0) is 26.7. The Balaban J connectivity index is 2.06. The van der Waals surface area contributed by atoms with Crippen LogP contribution in [0.1, 0.15) is 45.9 Å². The number of anilines is 1. The average Bonchev–Trinajstić information content (AvgIpc) is 3.52. The highest BCUT2D eigenvalue weighted by molar-refractivity contribution is 7.95. The summed E-state index contributed by atoms with van der Waals surface area (Å²) in [5.41, 5.74) is -0.273. The van der Waals surface area contributed by atoms with Gasteiger partial charge in [0.25, 0.3) is 20.0 Å². The molecule has 15 heteroatoms. The topological polar surface area (TPSA) is 168 Å². The SMILES string of the molecule is CCOC(=O)C1=C(N[C@H](CC)c2ccco2)C(Nc2csc(S(=O)(=O)N(CC)CC)c2O)=NS1(=O)=O. The molecule has 0 radical (unpaired) electrons. The van der Waals surface area contributed by atoms with Crippen molar-refractivity contribution in [1.82, 2.24) is 9.62 Å². The number of hydrogen-bond acceptors (Lipinski definition) is 11. The number of aromatic hydroxyl groups is 1. The third kappa shape index (κ3) is 5.28. The molecule has 0 spiro atoms. The van der Waals surface area contributed by atoms with Crippen molar-refractivity contribution in [2.75, 3.05) is 25.0 Å². The third-order valence-electron chi connectivity index (χ3n) is 5.27. The van der Waals surface area contributed by atoms with E-state index in [0.29, 0.717) is 12.2 Å². The smallest absolute Gasteiger partial charge is 0.354 e. The molecule has 0 aliphatic carbocycles. The molecule has 198 valence electrons. The predicted molar refractivity (Wildman–Crippen MR) is 135 cm³/mol. The number of thiophene rings is 1. The summed E-state index contributed by atoms with van der Waals surface area (Å²) in [5, 5.41) is 17.7. The fourth-order valence-electron chi connectivity index (χ4n) is 3.52. The summed E-state index contributed by atoms with van der Waals surface area (Å²) in [6, 6.07) is 2.82. The van der Waals surface area contributed by atoms with E-state index in [1.807, 2.05) is 6.92 Å². The minimum atomic E-state index is -4.47. The lowest BCUT2D eigenvalue weighted by Crippen LogP contribution is -2.30. The Morgan fingerprint density at radius 3 is 2.53 bits per heavy atom. The van der Waals surface area contributed by atoms with E-state index < -0.39 is 42.7 Å². The molecule has 1 atom stereocenters. The predicted octanol–water partition coefficient (Wildman–Crippen LogP) is 2.75. The summed E-state index contributed by atoms with van der Waals surface area (Å²) in [7, 11) is -8.45. The molecule has 3 N–H and O–H groups in total. The number of hydrogen-bond donors (Lipinski definition) is 3. The maximum Gasteiger partial charge on any atom is 0.354 e. The molecule has 12 nitrogen and oxygen atoms in total. The number of nitrogens with one attached hydrogen (secondary N) is 2. The first-order valence-corrected chi connectivity index (χ1v) is 14.9. The van der Waals surface area contributed by atoms with Gasteiger partial charge in [0.1, 0.15) is 11.5 Å². The molecular formula is C21H28N4O8S3. The summed E-state index contributed by atoms with van der Waals surface area (Å²) in [4.78, 5) is 11.9. The molecule has 1 aliphatic heterocycles. The van der Waals surface area contributed by atoms with Crippen LogP contribution in [0, 0.1) is 0 Å². The number of carbonyl (C=O) groups is 1. The molecule has 36 heavy (non-hydrogen) atoms. The summed E-state index contributed by atoms with van der Waals surface area (Å²) in [6.45, 7) is 7.04. The molecule has 0 bridgehead atoms. The number of esters is 1. The van der Waals surface area contributed by atoms with Crippen LogP contribution in [0.15, 0.2) is 47.4 Å². The first-order valence-electron chi connectivity index (χ1n) is 11.2. The van der Waals surface area contributed by atoms with Crippen LogP contribution < -0.4 is 10.6 Å². The minimum Gasteiger partial charge on any atom is -0.504 e. The van der Waals surface area contributed by atoms with E-state index >= 15 is 0 Å². The van der Waals surface area contributed by atoms with Gasteiger partial charge in [-0.15, -0.1) is 15.7 Å². The molecule has 0 saturated carbocycles. The van der Waals surface area contributed by atoms with E-state index in [9.17, 15) is 26.7 Å². The van der Waals surface area contributed by atoms with Crippen molar-refractivity contribution in [3.63, 3.8) is 0 Å². The van der Waals surface area contributed by atoms with Gasteiger partial charge in [-0.25, -0.2) is 13.2 Å². The molecule has 1 aliphatic rings. The van der Waals surface area contributed by atoms with Gasteiger partial charge in [0.15, 0.2) is 15.8 Å². The normalized spacial score (nSPS) is 16.2. The van der Waals surface area contributed by atoms with Crippen molar-refractivity contribution in [3.05, 3.63) is 40.1 Å². The number of nitrogens with zero attached hydrogens (tertiary/aromatic N) is 2. The highest BCUT2D eigenvalue weighted by Crippen LogP contribution is 2.40. The fourth-order valence-corrected chi connectivity index (χ4v) is 7.51. The number of rotatable bonds is 11.